The van der Waals surface area contributed by atoms with Crippen LogP contribution in [0.5, 0.6) is 0 Å². The lowest BCUT2D eigenvalue weighted by Crippen LogP contribution is -2.58. The van der Waals surface area contributed by atoms with Crippen molar-refractivity contribution in [3.05, 3.63) is 0 Å². The zero-order valence-corrected chi connectivity index (χ0v) is 14.2. The van der Waals surface area contributed by atoms with Gasteiger partial charge in [-0.25, -0.2) is 0 Å². The number of rotatable bonds is 9. The first kappa shape index (κ1) is 17.9. The summed E-state index contributed by atoms with van der Waals surface area (Å²) in [5.41, 5.74) is 0. The summed E-state index contributed by atoms with van der Waals surface area (Å²) < 4.78 is 0. The quantitative estimate of drug-likeness (QED) is 0.611. The smallest absolute Gasteiger partial charge is 0.0349 e. The Morgan fingerprint density at radius 2 is 1.95 bits per heavy atom. The molecule has 1 unspecified atom stereocenters. The summed E-state index contributed by atoms with van der Waals surface area (Å²) in [7, 11) is 6.35. The Morgan fingerprint density at radius 3 is 2.55 bits per heavy atom. The normalized spacial score (nSPS) is 22.1. The molecule has 1 aliphatic rings. The van der Waals surface area contributed by atoms with Crippen LogP contribution in [0, 0.1) is 0 Å². The summed E-state index contributed by atoms with van der Waals surface area (Å²) in [5.74, 6) is 0. The highest BCUT2D eigenvalue weighted by molar-refractivity contribution is 4.84. The van der Waals surface area contributed by atoms with Gasteiger partial charge in [0.2, 0.25) is 0 Å². The highest BCUT2D eigenvalue weighted by atomic mass is 15.3. The molecular formula is C15H35N5. The number of piperazine rings is 1. The van der Waals surface area contributed by atoms with E-state index in [1.807, 2.05) is 7.05 Å². The van der Waals surface area contributed by atoms with Gasteiger partial charge in [0, 0.05) is 64.4 Å². The lowest BCUT2D eigenvalue weighted by atomic mass is 10.1. The summed E-state index contributed by atoms with van der Waals surface area (Å²) >= 11 is 0. The van der Waals surface area contributed by atoms with Crippen LogP contribution in [0.15, 0.2) is 0 Å². The van der Waals surface area contributed by atoms with Gasteiger partial charge in [0.25, 0.3) is 0 Å². The van der Waals surface area contributed by atoms with Gasteiger partial charge in [-0.2, -0.15) is 0 Å². The third-order valence-corrected chi connectivity index (χ3v) is 3.96. The molecule has 5 heteroatoms. The molecule has 0 aliphatic carbocycles. The Bertz CT molecular complexity index is 244. The van der Waals surface area contributed by atoms with Gasteiger partial charge in [0.15, 0.2) is 0 Å². The second-order valence-corrected chi connectivity index (χ2v) is 6.46. The minimum atomic E-state index is 0.568. The van der Waals surface area contributed by atoms with Gasteiger partial charge >= 0.3 is 0 Å². The summed E-state index contributed by atoms with van der Waals surface area (Å²) in [6.07, 6.45) is 0. The lowest BCUT2D eigenvalue weighted by molar-refractivity contribution is 0.0687. The molecule has 1 aliphatic heterocycles. The standard InChI is InChI=1S/C15H35N5/c1-14(2)17-12-15-13-19(7-6-16-3)9-11-20(15)10-8-18(4)5/h14-17H,6-13H2,1-5H3. The molecule has 0 bridgehead atoms. The third kappa shape index (κ3) is 6.99. The van der Waals surface area contributed by atoms with E-state index >= 15 is 0 Å². The van der Waals surface area contributed by atoms with Crippen molar-refractivity contribution in [1.29, 1.82) is 0 Å². The first-order valence-corrected chi connectivity index (χ1v) is 8.02. The molecule has 1 fully saturated rings. The fraction of sp³-hybridized carbons (Fsp3) is 1.00. The molecule has 120 valence electrons. The Hall–Kier alpha value is -0.200. The zero-order chi connectivity index (χ0) is 15.0. The van der Waals surface area contributed by atoms with Gasteiger partial charge in [-0.15, -0.1) is 0 Å². The predicted octanol–water partition coefficient (Wildman–Crippen LogP) is -0.248. The van der Waals surface area contributed by atoms with Crippen molar-refractivity contribution in [1.82, 2.24) is 25.3 Å². The Morgan fingerprint density at radius 1 is 1.20 bits per heavy atom. The maximum Gasteiger partial charge on any atom is 0.0349 e. The van der Waals surface area contributed by atoms with Crippen LogP contribution in [-0.2, 0) is 0 Å². The number of hydrogen-bond acceptors (Lipinski definition) is 5. The van der Waals surface area contributed by atoms with Crippen molar-refractivity contribution in [3.63, 3.8) is 0 Å². The van der Waals surface area contributed by atoms with Crippen molar-refractivity contribution in [2.45, 2.75) is 25.9 Å². The molecule has 5 nitrogen and oxygen atoms in total. The zero-order valence-electron chi connectivity index (χ0n) is 14.2. The highest BCUT2D eigenvalue weighted by Gasteiger charge is 2.26. The highest BCUT2D eigenvalue weighted by Crippen LogP contribution is 2.09. The van der Waals surface area contributed by atoms with E-state index in [9.17, 15) is 0 Å². The van der Waals surface area contributed by atoms with E-state index < -0.39 is 0 Å². The molecule has 0 amide bonds. The minimum absolute atomic E-state index is 0.568. The summed E-state index contributed by atoms with van der Waals surface area (Å²) in [6, 6.07) is 1.21. The monoisotopic (exact) mass is 285 g/mol. The van der Waals surface area contributed by atoms with E-state index in [1.54, 1.807) is 0 Å². The second kappa shape index (κ2) is 9.68. The number of likely N-dealkylation sites (N-methyl/N-ethyl adjacent to an activating group) is 2. The van der Waals surface area contributed by atoms with Crippen LogP contribution in [0.25, 0.3) is 0 Å². The Kier molecular flexibility index (Phi) is 8.64. The van der Waals surface area contributed by atoms with Crippen molar-refractivity contribution >= 4 is 0 Å². The van der Waals surface area contributed by atoms with Gasteiger partial charge in [0.05, 0.1) is 0 Å². The number of nitrogens with zero attached hydrogens (tertiary/aromatic N) is 3. The second-order valence-electron chi connectivity index (χ2n) is 6.46. The molecule has 0 radical (unpaired) electrons. The molecule has 2 N–H and O–H groups in total. The average Bonchev–Trinajstić information content (AvgIpc) is 2.41. The first-order chi connectivity index (χ1) is 9.52. The van der Waals surface area contributed by atoms with Crippen LogP contribution in [0.2, 0.25) is 0 Å². The molecule has 0 aromatic rings. The lowest BCUT2D eigenvalue weighted by Gasteiger charge is -2.42. The fourth-order valence-electron chi connectivity index (χ4n) is 2.62. The number of nitrogens with one attached hydrogen (secondary N) is 2. The van der Waals surface area contributed by atoms with E-state index in [4.69, 9.17) is 0 Å². The predicted molar refractivity (Wildman–Crippen MR) is 87.4 cm³/mol. The van der Waals surface area contributed by atoms with E-state index in [1.165, 1.54) is 26.2 Å². The molecular weight excluding hydrogens is 250 g/mol. The Balaban J connectivity index is 2.45. The largest absolute Gasteiger partial charge is 0.318 e. The average molecular weight is 285 g/mol. The van der Waals surface area contributed by atoms with Crippen LogP contribution in [0.1, 0.15) is 13.8 Å². The molecule has 0 aromatic heterocycles. The van der Waals surface area contributed by atoms with Crippen LogP contribution in [0.4, 0.5) is 0 Å². The Labute approximate surface area is 125 Å². The van der Waals surface area contributed by atoms with Gasteiger partial charge in [-0.3, -0.25) is 9.80 Å². The van der Waals surface area contributed by atoms with Crippen LogP contribution >= 0.6 is 0 Å². The number of hydrogen-bond donors (Lipinski definition) is 2. The van der Waals surface area contributed by atoms with E-state index in [2.05, 4.69) is 53.3 Å². The summed E-state index contributed by atoms with van der Waals surface area (Å²) in [6.45, 7) is 13.7. The van der Waals surface area contributed by atoms with Crippen molar-refractivity contribution in [3.8, 4) is 0 Å². The molecule has 0 saturated carbocycles. The van der Waals surface area contributed by atoms with Gasteiger partial charge < -0.3 is 15.5 Å². The van der Waals surface area contributed by atoms with Gasteiger partial charge in [-0.05, 0) is 21.1 Å². The SMILES string of the molecule is CNCCN1CCN(CCN(C)C)C(CNC(C)C)C1. The van der Waals surface area contributed by atoms with Crippen molar-refractivity contribution in [2.75, 3.05) is 73.5 Å². The van der Waals surface area contributed by atoms with Gasteiger partial charge in [0.1, 0.15) is 0 Å². The topological polar surface area (TPSA) is 33.8 Å². The molecule has 0 aromatic carbocycles. The van der Waals surface area contributed by atoms with Crippen molar-refractivity contribution < 1.29 is 0 Å². The van der Waals surface area contributed by atoms with E-state index in [-0.39, 0.29) is 0 Å². The van der Waals surface area contributed by atoms with E-state index in [0.717, 1.165) is 26.2 Å². The van der Waals surface area contributed by atoms with Crippen LogP contribution in [0.3, 0.4) is 0 Å². The molecule has 20 heavy (non-hydrogen) atoms. The fourth-order valence-corrected chi connectivity index (χ4v) is 2.62. The third-order valence-electron chi connectivity index (χ3n) is 3.96. The van der Waals surface area contributed by atoms with Crippen molar-refractivity contribution in [2.24, 2.45) is 0 Å². The molecule has 1 heterocycles. The molecule has 1 saturated heterocycles. The summed E-state index contributed by atoms with van der Waals surface area (Å²) in [5, 5.41) is 6.87. The van der Waals surface area contributed by atoms with Gasteiger partial charge in [-0.1, -0.05) is 13.8 Å². The van der Waals surface area contributed by atoms with Crippen LogP contribution < -0.4 is 10.6 Å². The first-order valence-electron chi connectivity index (χ1n) is 8.02. The summed E-state index contributed by atoms with van der Waals surface area (Å²) in [4.78, 5) is 7.53. The maximum atomic E-state index is 3.61. The maximum absolute atomic E-state index is 3.61. The molecule has 1 atom stereocenters. The van der Waals surface area contributed by atoms with E-state index in [0.29, 0.717) is 12.1 Å². The van der Waals surface area contributed by atoms with Crippen LogP contribution in [-0.4, -0.2) is 100 Å². The minimum Gasteiger partial charge on any atom is -0.318 e. The molecule has 0 spiro atoms. The molecule has 1 rings (SSSR count).